The second-order valence-corrected chi connectivity index (χ2v) is 9.24. The van der Waals surface area contributed by atoms with E-state index in [1.165, 1.54) is 36.3 Å². The molecule has 1 aromatic heterocycles. The highest BCUT2D eigenvalue weighted by molar-refractivity contribution is 9.10. The number of nitriles is 1. The second-order valence-electron chi connectivity index (χ2n) is 8.39. The van der Waals surface area contributed by atoms with Crippen LogP contribution in [0.15, 0.2) is 34.9 Å². The van der Waals surface area contributed by atoms with Crippen molar-refractivity contribution >= 4 is 32.5 Å². The fraction of sp³-hybridized carbons (Fsp3) is 0.364. The molecule has 2 fully saturated rings. The van der Waals surface area contributed by atoms with E-state index in [1.54, 1.807) is 6.07 Å². The molecule has 2 N–H and O–H groups in total. The van der Waals surface area contributed by atoms with E-state index in [0.29, 0.717) is 23.7 Å². The van der Waals surface area contributed by atoms with Gasteiger partial charge in [0.2, 0.25) is 0 Å². The number of aromatic amines is 1. The molecular formula is C22H18BrFN4. The van der Waals surface area contributed by atoms with Gasteiger partial charge in [0.25, 0.3) is 0 Å². The third-order valence-electron chi connectivity index (χ3n) is 7.21. The van der Waals surface area contributed by atoms with Gasteiger partial charge in [-0.15, -0.1) is 0 Å². The molecule has 2 saturated carbocycles. The zero-order valence-electron chi connectivity index (χ0n) is 15.0. The van der Waals surface area contributed by atoms with E-state index in [4.69, 9.17) is 0 Å². The van der Waals surface area contributed by atoms with Crippen molar-refractivity contribution in [2.24, 2.45) is 17.8 Å². The summed E-state index contributed by atoms with van der Waals surface area (Å²) in [6, 6.07) is 9.15. The molecule has 5 atom stereocenters. The summed E-state index contributed by atoms with van der Waals surface area (Å²) in [5.74, 6) is 1.82. The molecule has 0 spiro atoms. The summed E-state index contributed by atoms with van der Waals surface area (Å²) in [7, 11) is 0. The van der Waals surface area contributed by atoms with Gasteiger partial charge in [-0.2, -0.15) is 10.4 Å². The summed E-state index contributed by atoms with van der Waals surface area (Å²) >= 11 is 3.76. The molecule has 2 aliphatic carbocycles. The largest absolute Gasteiger partial charge is 0.377 e. The molecule has 140 valence electrons. The number of nitrogens with zero attached hydrogens (tertiary/aromatic N) is 2. The first-order chi connectivity index (χ1) is 13.7. The van der Waals surface area contributed by atoms with Gasteiger partial charge < -0.3 is 5.32 Å². The number of benzene rings is 2. The Balaban J connectivity index is 1.57. The molecule has 0 radical (unpaired) electrons. The number of anilines is 1. The van der Waals surface area contributed by atoms with Gasteiger partial charge in [-0.1, -0.05) is 6.07 Å². The van der Waals surface area contributed by atoms with E-state index in [9.17, 15) is 9.65 Å². The molecule has 0 amide bonds. The number of hydrogen-bond donors (Lipinski definition) is 2. The molecule has 2 aromatic carbocycles. The predicted octanol–water partition coefficient (Wildman–Crippen LogP) is 5.63. The summed E-state index contributed by atoms with van der Waals surface area (Å²) in [5.41, 5.74) is 4.67. The van der Waals surface area contributed by atoms with Gasteiger partial charge in [0.15, 0.2) is 0 Å². The monoisotopic (exact) mass is 436 g/mol. The highest BCUT2D eigenvalue weighted by atomic mass is 79.9. The lowest BCUT2D eigenvalue weighted by Gasteiger charge is -2.44. The lowest BCUT2D eigenvalue weighted by Crippen LogP contribution is -2.35. The number of fused-ring (bicyclic) bond motifs is 9. The quantitative estimate of drug-likeness (QED) is 0.519. The van der Waals surface area contributed by atoms with E-state index in [-0.39, 0.29) is 11.6 Å². The van der Waals surface area contributed by atoms with Gasteiger partial charge in [-0.3, -0.25) is 5.10 Å². The van der Waals surface area contributed by atoms with Crippen molar-refractivity contribution < 1.29 is 4.39 Å². The number of rotatable bonds is 1. The summed E-state index contributed by atoms with van der Waals surface area (Å²) in [4.78, 5) is 0. The highest BCUT2D eigenvalue weighted by Gasteiger charge is 2.54. The van der Waals surface area contributed by atoms with E-state index < -0.39 is 5.82 Å². The van der Waals surface area contributed by atoms with Gasteiger partial charge >= 0.3 is 0 Å². The summed E-state index contributed by atoms with van der Waals surface area (Å²) < 4.78 is 15.0. The Bertz CT molecular complexity index is 1160. The average Bonchev–Trinajstić information content (AvgIpc) is 3.44. The van der Waals surface area contributed by atoms with E-state index in [0.717, 1.165) is 21.2 Å². The first kappa shape index (κ1) is 16.6. The van der Waals surface area contributed by atoms with E-state index >= 15 is 0 Å². The molecule has 1 aliphatic heterocycles. The van der Waals surface area contributed by atoms with Crippen LogP contribution in [0.25, 0.3) is 10.9 Å². The first-order valence-electron chi connectivity index (χ1n) is 9.77. The molecule has 6 heteroatoms. The smallest absolute Gasteiger partial charge is 0.140 e. The summed E-state index contributed by atoms with van der Waals surface area (Å²) in [5, 5.41) is 21.7. The van der Waals surface area contributed by atoms with Gasteiger partial charge in [-0.25, -0.2) is 4.39 Å². The second kappa shape index (κ2) is 5.81. The maximum absolute atomic E-state index is 13.9. The van der Waals surface area contributed by atoms with Crippen molar-refractivity contribution in [2.75, 3.05) is 5.32 Å². The third-order valence-corrected chi connectivity index (χ3v) is 7.83. The number of halogens is 2. The molecular weight excluding hydrogens is 419 g/mol. The van der Waals surface area contributed by atoms with Crippen molar-refractivity contribution in [1.82, 2.24) is 10.2 Å². The summed E-state index contributed by atoms with van der Waals surface area (Å²) in [6.45, 7) is 0. The Hall–Kier alpha value is -2.39. The van der Waals surface area contributed by atoms with Crippen LogP contribution in [0, 0.1) is 34.9 Å². The van der Waals surface area contributed by atoms with Crippen LogP contribution in [-0.4, -0.2) is 10.2 Å². The van der Waals surface area contributed by atoms with E-state index in [1.807, 2.05) is 18.3 Å². The molecule has 6 rings (SSSR count). The van der Waals surface area contributed by atoms with E-state index in [2.05, 4.69) is 37.5 Å². The van der Waals surface area contributed by atoms with Crippen LogP contribution in [0.2, 0.25) is 0 Å². The van der Waals surface area contributed by atoms with Crippen molar-refractivity contribution in [3.05, 3.63) is 57.4 Å². The van der Waals surface area contributed by atoms with Crippen LogP contribution in [0.3, 0.4) is 0 Å². The molecule has 2 heterocycles. The molecule has 4 nitrogen and oxygen atoms in total. The number of H-pyrrole nitrogens is 1. The topological polar surface area (TPSA) is 64.5 Å². The summed E-state index contributed by atoms with van der Waals surface area (Å²) in [6.07, 6.45) is 5.73. The van der Waals surface area contributed by atoms with Crippen molar-refractivity contribution in [3.63, 3.8) is 0 Å². The van der Waals surface area contributed by atoms with Crippen molar-refractivity contribution in [2.45, 2.75) is 31.2 Å². The predicted molar refractivity (Wildman–Crippen MR) is 108 cm³/mol. The van der Waals surface area contributed by atoms with Gasteiger partial charge in [0.05, 0.1) is 29.0 Å². The van der Waals surface area contributed by atoms with Crippen molar-refractivity contribution in [3.8, 4) is 6.07 Å². The fourth-order valence-corrected chi connectivity index (χ4v) is 6.76. The number of nitrogens with one attached hydrogen (secondary N) is 2. The van der Waals surface area contributed by atoms with Crippen LogP contribution >= 0.6 is 15.9 Å². The van der Waals surface area contributed by atoms with Crippen LogP contribution < -0.4 is 5.32 Å². The lowest BCUT2D eigenvalue weighted by molar-refractivity contribution is 0.248. The minimum absolute atomic E-state index is 0.0844. The standard InChI is InChI=1S/C22H18BrFN4/c23-15-7-17-14(9-26-28-17)20-18-10-1-2-11(5-10)19(18)21(27-22(15)20)12-3-4-16(24)13(6-12)8-25/h3-4,6-7,9-11,18-19,21,27H,1-2,5H2,(H,26,28). The Labute approximate surface area is 170 Å². The maximum atomic E-state index is 13.9. The lowest BCUT2D eigenvalue weighted by atomic mass is 9.67. The first-order valence-corrected chi connectivity index (χ1v) is 10.6. The van der Waals surface area contributed by atoms with Crippen molar-refractivity contribution in [1.29, 1.82) is 5.26 Å². The Morgan fingerprint density at radius 1 is 1.21 bits per heavy atom. The highest BCUT2D eigenvalue weighted by Crippen LogP contribution is 2.65. The zero-order chi connectivity index (χ0) is 19.0. The minimum Gasteiger partial charge on any atom is -0.377 e. The average molecular weight is 437 g/mol. The van der Waals surface area contributed by atoms with Gasteiger partial charge in [0.1, 0.15) is 11.9 Å². The van der Waals surface area contributed by atoms with Crippen LogP contribution in [0.1, 0.15) is 47.9 Å². The normalized spacial score (nSPS) is 30.0. The zero-order valence-corrected chi connectivity index (χ0v) is 16.6. The number of hydrogen-bond acceptors (Lipinski definition) is 3. The van der Waals surface area contributed by atoms with Gasteiger partial charge in [-0.05, 0) is 88.2 Å². The maximum Gasteiger partial charge on any atom is 0.140 e. The molecule has 5 unspecified atom stereocenters. The molecule has 28 heavy (non-hydrogen) atoms. The van der Waals surface area contributed by atoms with Crippen LogP contribution in [0.5, 0.6) is 0 Å². The van der Waals surface area contributed by atoms with Crippen LogP contribution in [-0.2, 0) is 0 Å². The SMILES string of the molecule is N#Cc1cc(C2Nc3c(Br)cc4[nH]ncc4c3C3C4CCC(C4)C23)ccc1F. The third kappa shape index (κ3) is 2.11. The fourth-order valence-electron chi connectivity index (χ4n) is 6.20. The molecule has 0 saturated heterocycles. The van der Waals surface area contributed by atoms with Gasteiger partial charge in [0, 0.05) is 9.86 Å². The number of aromatic nitrogens is 2. The van der Waals surface area contributed by atoms with Crippen LogP contribution in [0.4, 0.5) is 10.1 Å². The Morgan fingerprint density at radius 2 is 2.07 bits per heavy atom. The Kier molecular flexibility index (Phi) is 3.43. The molecule has 3 aromatic rings. The Morgan fingerprint density at radius 3 is 2.93 bits per heavy atom. The minimum atomic E-state index is -0.451. The molecule has 3 aliphatic rings. The molecule has 2 bridgehead atoms.